The van der Waals surface area contributed by atoms with Crippen LogP contribution in [0.15, 0.2) is 12.1 Å². The normalized spacial score (nSPS) is 18.3. The molecule has 0 saturated carbocycles. The Bertz CT molecular complexity index is 774. The Morgan fingerprint density at radius 3 is 2.81 bits per heavy atom. The van der Waals surface area contributed by atoms with Crippen LogP contribution in [0.25, 0.3) is 11.0 Å². The fourth-order valence-corrected chi connectivity index (χ4v) is 4.06. The van der Waals surface area contributed by atoms with E-state index in [-0.39, 0.29) is 0 Å². The lowest BCUT2D eigenvalue weighted by Crippen LogP contribution is -2.37. The third-order valence-corrected chi connectivity index (χ3v) is 5.61. The van der Waals surface area contributed by atoms with Gasteiger partial charge >= 0.3 is 0 Å². The zero-order chi connectivity index (χ0) is 17.9. The van der Waals surface area contributed by atoms with Crippen molar-refractivity contribution in [2.75, 3.05) is 38.6 Å². The van der Waals surface area contributed by atoms with Gasteiger partial charge in [0, 0.05) is 32.8 Å². The van der Waals surface area contributed by atoms with E-state index in [1.807, 2.05) is 6.07 Å². The third-order valence-electron chi connectivity index (χ3n) is 5.61. The van der Waals surface area contributed by atoms with Crippen LogP contribution in [0.1, 0.15) is 36.8 Å². The number of hydrogen-bond donors (Lipinski definition) is 1. The van der Waals surface area contributed by atoms with Crippen molar-refractivity contribution in [2.45, 2.75) is 44.6 Å². The molecule has 1 aliphatic carbocycles. The molecule has 1 fully saturated rings. The lowest BCUT2D eigenvalue weighted by atomic mass is 10.1. The molecule has 2 aromatic rings. The van der Waals surface area contributed by atoms with Crippen LogP contribution in [-0.4, -0.2) is 54.4 Å². The molecule has 0 radical (unpaired) electrons. The maximum atomic E-state index is 12.2. The molecule has 4 rings (SSSR count). The minimum Gasteiger partial charge on any atom is -0.594 e. The molecule has 0 amide bonds. The predicted molar refractivity (Wildman–Crippen MR) is 100 cm³/mol. The predicted octanol–water partition coefficient (Wildman–Crippen LogP) is 1.66. The summed E-state index contributed by atoms with van der Waals surface area (Å²) in [6, 6.07) is 4.01. The van der Waals surface area contributed by atoms with Gasteiger partial charge in [0.05, 0.1) is 11.2 Å². The smallest absolute Gasteiger partial charge is 0.290 e. The lowest BCUT2D eigenvalue weighted by molar-refractivity contribution is -0.641. The van der Waals surface area contributed by atoms with Crippen LogP contribution in [0.2, 0.25) is 0 Å². The molecule has 1 aromatic carbocycles. The molecule has 0 spiro atoms. The van der Waals surface area contributed by atoms with Crippen LogP contribution >= 0.6 is 0 Å². The van der Waals surface area contributed by atoms with Gasteiger partial charge in [-0.25, -0.2) is 4.98 Å². The molecule has 1 saturated heterocycles. The molecule has 1 aromatic heterocycles. The van der Waals surface area contributed by atoms with E-state index in [1.54, 1.807) is 7.11 Å². The van der Waals surface area contributed by atoms with Crippen LogP contribution < -0.4 is 10.2 Å². The first-order chi connectivity index (χ1) is 12.7. The van der Waals surface area contributed by atoms with Crippen LogP contribution in [-0.2, 0) is 17.6 Å². The Hall–Kier alpha value is -1.99. The number of likely N-dealkylation sites (tertiary alicyclic amines) is 1. The van der Waals surface area contributed by atoms with Gasteiger partial charge in [0.15, 0.2) is 0 Å². The highest BCUT2D eigenvalue weighted by Crippen LogP contribution is 2.25. The van der Waals surface area contributed by atoms with Gasteiger partial charge in [-0.1, -0.05) is 0 Å². The van der Waals surface area contributed by atoms with Crippen LogP contribution in [0.4, 0.5) is 5.95 Å². The second-order valence-corrected chi connectivity index (χ2v) is 7.33. The number of aryl methyl sites for hydroxylation is 2. The molecule has 0 unspecified atom stereocenters. The van der Waals surface area contributed by atoms with Crippen molar-refractivity contribution in [1.82, 2.24) is 15.0 Å². The summed E-state index contributed by atoms with van der Waals surface area (Å²) >= 11 is 0. The Morgan fingerprint density at radius 2 is 2.04 bits per heavy atom. The summed E-state index contributed by atoms with van der Waals surface area (Å²) < 4.78 is 5.41. The van der Waals surface area contributed by atoms with Gasteiger partial charge in [0.2, 0.25) is 0 Å². The Labute approximate surface area is 153 Å². The molecule has 0 bridgehead atoms. The number of aromatic nitrogens is 3. The fourth-order valence-electron chi connectivity index (χ4n) is 4.06. The molecular formula is C19H27N5O2. The van der Waals surface area contributed by atoms with Gasteiger partial charge < -0.3 is 20.2 Å². The van der Waals surface area contributed by atoms with E-state index in [9.17, 15) is 5.21 Å². The molecule has 2 heterocycles. The number of hydrogen-bond acceptors (Lipinski definition) is 6. The van der Waals surface area contributed by atoms with Crippen molar-refractivity contribution in [3.8, 4) is 0 Å². The number of nitrogens with zero attached hydrogens (tertiary/aromatic N) is 4. The van der Waals surface area contributed by atoms with Gasteiger partial charge in [-0.2, -0.15) is 0 Å². The van der Waals surface area contributed by atoms with Gasteiger partial charge in [-0.3, -0.25) is 0 Å². The van der Waals surface area contributed by atoms with E-state index in [0.717, 1.165) is 70.2 Å². The van der Waals surface area contributed by atoms with Crippen molar-refractivity contribution in [1.29, 1.82) is 0 Å². The number of anilines is 1. The molecule has 26 heavy (non-hydrogen) atoms. The Balaban J connectivity index is 1.32. The summed E-state index contributed by atoms with van der Waals surface area (Å²) in [4.78, 5) is 7.72. The number of benzene rings is 1. The van der Waals surface area contributed by atoms with Crippen LogP contribution in [0.3, 0.4) is 0 Å². The van der Waals surface area contributed by atoms with Crippen molar-refractivity contribution >= 4 is 17.0 Å². The summed E-state index contributed by atoms with van der Waals surface area (Å²) in [7, 11) is 1.80. The summed E-state index contributed by atoms with van der Waals surface area (Å²) in [6.45, 7) is 4.00. The van der Waals surface area contributed by atoms with Crippen LogP contribution in [0, 0.1) is 5.21 Å². The number of methoxy groups -OCH3 is 1. The topological polar surface area (TPSA) is 77.2 Å². The van der Waals surface area contributed by atoms with E-state index in [4.69, 9.17) is 4.74 Å². The lowest BCUT2D eigenvalue weighted by Gasteiger charge is -2.31. The number of ether oxygens (including phenoxy) is 1. The molecule has 7 nitrogen and oxygen atoms in total. The van der Waals surface area contributed by atoms with Gasteiger partial charge in [-0.15, -0.1) is 0 Å². The maximum absolute atomic E-state index is 12.2. The molecule has 1 aliphatic heterocycles. The largest absolute Gasteiger partial charge is 0.594 e. The van der Waals surface area contributed by atoms with Crippen molar-refractivity contribution in [2.24, 2.45) is 0 Å². The minimum absolute atomic E-state index is 0.420. The number of rotatable bonds is 6. The zero-order valence-corrected chi connectivity index (χ0v) is 15.4. The third kappa shape index (κ3) is 3.73. The van der Waals surface area contributed by atoms with Crippen molar-refractivity contribution in [3.05, 3.63) is 28.5 Å². The summed E-state index contributed by atoms with van der Waals surface area (Å²) in [6.07, 6.45) is 6.93. The van der Waals surface area contributed by atoms with Crippen LogP contribution in [0.5, 0.6) is 0 Å². The summed E-state index contributed by atoms with van der Waals surface area (Å²) in [5.74, 6) is 0.420. The molecular weight excluding hydrogens is 330 g/mol. The number of fused-ring (bicyclic) bond motifs is 2. The molecule has 0 atom stereocenters. The van der Waals surface area contributed by atoms with Gasteiger partial charge in [0.25, 0.3) is 11.5 Å². The van der Waals surface area contributed by atoms with E-state index in [1.165, 1.54) is 11.1 Å². The SMILES string of the molecule is COC1CCN(CCCNc2nc3cc4c(cc3[n+]([O-])n2)CCC4)CC1. The quantitative estimate of drug-likeness (QED) is 0.481. The highest BCUT2D eigenvalue weighted by Gasteiger charge is 2.19. The first kappa shape index (κ1) is 17.4. The van der Waals surface area contributed by atoms with Gasteiger partial charge in [0.1, 0.15) is 5.52 Å². The molecule has 1 N–H and O–H groups in total. The first-order valence-electron chi connectivity index (χ1n) is 9.65. The maximum Gasteiger partial charge on any atom is 0.290 e. The number of nitrogens with one attached hydrogen (secondary N) is 1. The molecule has 140 valence electrons. The highest BCUT2D eigenvalue weighted by atomic mass is 16.5. The van der Waals surface area contributed by atoms with Crippen molar-refractivity contribution < 1.29 is 9.58 Å². The average Bonchev–Trinajstić information content (AvgIpc) is 3.12. The number of piperidine rings is 1. The highest BCUT2D eigenvalue weighted by molar-refractivity contribution is 5.74. The Morgan fingerprint density at radius 1 is 1.27 bits per heavy atom. The minimum atomic E-state index is 0.420. The standard InChI is InChI=1S/C19H27N5O2/c1-26-16-6-10-23(11-7-16)9-3-8-20-19-21-17-12-14-4-2-5-15(14)13-18(17)24(25)22-19/h12-13,16H,2-11H2,1H3,(H,20,21,22). The second-order valence-electron chi connectivity index (χ2n) is 7.33. The first-order valence-corrected chi connectivity index (χ1v) is 9.65. The molecule has 7 heteroatoms. The Kier molecular flexibility index (Phi) is 5.17. The second kappa shape index (κ2) is 7.72. The van der Waals surface area contributed by atoms with E-state index >= 15 is 0 Å². The van der Waals surface area contributed by atoms with E-state index in [2.05, 4.69) is 26.4 Å². The monoisotopic (exact) mass is 357 g/mol. The van der Waals surface area contributed by atoms with Crippen molar-refractivity contribution in [3.63, 3.8) is 0 Å². The van der Waals surface area contributed by atoms with E-state index < -0.39 is 0 Å². The molecule has 2 aliphatic rings. The zero-order valence-electron chi connectivity index (χ0n) is 15.4. The summed E-state index contributed by atoms with van der Waals surface area (Å²) in [5.41, 5.74) is 3.89. The summed E-state index contributed by atoms with van der Waals surface area (Å²) in [5, 5.41) is 19.5. The van der Waals surface area contributed by atoms with Gasteiger partial charge in [-0.05, 0) is 67.1 Å². The fraction of sp³-hybridized carbons (Fsp3) is 0.632. The average molecular weight is 357 g/mol. The van der Waals surface area contributed by atoms with E-state index in [0.29, 0.717) is 22.4 Å².